The summed E-state index contributed by atoms with van der Waals surface area (Å²) in [6, 6.07) is 6.33. The van der Waals surface area contributed by atoms with Crippen LogP contribution in [0.3, 0.4) is 0 Å². The number of aryl methyl sites for hydroxylation is 1. The van der Waals surface area contributed by atoms with Crippen molar-refractivity contribution >= 4 is 15.7 Å². The maximum Gasteiger partial charge on any atom is 0.238 e. The highest BCUT2D eigenvalue weighted by Gasteiger charge is 2.54. The summed E-state index contributed by atoms with van der Waals surface area (Å²) in [5.74, 6) is -2.94. The van der Waals surface area contributed by atoms with Gasteiger partial charge in [0.15, 0.2) is 11.6 Å². The number of benzene rings is 2. The van der Waals surface area contributed by atoms with Gasteiger partial charge in [0.05, 0.1) is 10.4 Å². The van der Waals surface area contributed by atoms with Gasteiger partial charge in [-0.15, -0.1) is 0 Å². The highest BCUT2D eigenvalue weighted by molar-refractivity contribution is 7.94. The van der Waals surface area contributed by atoms with E-state index in [4.69, 9.17) is 5.11 Å². The van der Waals surface area contributed by atoms with Gasteiger partial charge >= 0.3 is 0 Å². The third-order valence-electron chi connectivity index (χ3n) is 4.96. The number of nitrogens with one attached hydrogen (secondary N) is 1. The third-order valence-corrected chi connectivity index (χ3v) is 7.20. The molecule has 2 aromatic carbocycles. The Morgan fingerprint density at radius 1 is 1.11 bits per heavy atom. The number of aliphatic hydroxyl groups excluding tert-OH is 1. The fraction of sp³-hybridized carbons (Fsp3) is 0.368. The van der Waals surface area contributed by atoms with Crippen molar-refractivity contribution in [3.05, 3.63) is 64.5 Å². The Balaban J connectivity index is 1.98. The Labute approximate surface area is 156 Å². The first kappa shape index (κ1) is 19.7. The molecule has 146 valence electrons. The summed E-state index contributed by atoms with van der Waals surface area (Å²) in [4.78, 5) is 0. The Bertz CT molecular complexity index is 972. The van der Waals surface area contributed by atoms with E-state index < -0.39 is 32.2 Å². The second-order valence-corrected chi connectivity index (χ2v) is 9.00. The highest BCUT2D eigenvalue weighted by atomic mass is 32.2. The highest BCUT2D eigenvalue weighted by Crippen LogP contribution is 2.47. The minimum absolute atomic E-state index is 0.0634. The predicted molar refractivity (Wildman–Crippen MR) is 96.5 cm³/mol. The first-order valence-corrected chi connectivity index (χ1v) is 10.0. The predicted octanol–water partition coefficient (Wildman–Crippen LogP) is 3.66. The second-order valence-electron chi connectivity index (χ2n) is 6.92. The van der Waals surface area contributed by atoms with Crippen molar-refractivity contribution < 1.29 is 26.7 Å². The molecular formula is C19H20F3NO3S. The summed E-state index contributed by atoms with van der Waals surface area (Å²) >= 11 is 0. The van der Waals surface area contributed by atoms with Gasteiger partial charge in [0, 0.05) is 18.6 Å². The molecule has 0 aliphatic heterocycles. The lowest BCUT2D eigenvalue weighted by Gasteiger charge is -2.19. The van der Waals surface area contributed by atoms with E-state index in [1.807, 2.05) is 0 Å². The fourth-order valence-electron chi connectivity index (χ4n) is 3.10. The first-order valence-electron chi connectivity index (χ1n) is 8.54. The lowest BCUT2D eigenvalue weighted by molar-refractivity contribution is 0.283. The fourth-order valence-corrected chi connectivity index (χ4v) is 4.79. The van der Waals surface area contributed by atoms with E-state index in [0.29, 0.717) is 18.4 Å². The second kappa shape index (κ2) is 7.16. The van der Waals surface area contributed by atoms with Gasteiger partial charge in [-0.25, -0.2) is 21.6 Å². The summed E-state index contributed by atoms with van der Waals surface area (Å²) in [6.07, 6.45) is 0.525. The van der Waals surface area contributed by atoms with Crippen molar-refractivity contribution in [2.24, 2.45) is 0 Å². The monoisotopic (exact) mass is 399 g/mol. The molecule has 1 saturated carbocycles. The minimum atomic E-state index is -3.92. The van der Waals surface area contributed by atoms with Gasteiger partial charge in [-0.05, 0) is 55.5 Å². The summed E-state index contributed by atoms with van der Waals surface area (Å²) in [5, 5.41) is 9.11. The molecule has 4 nitrogen and oxygen atoms in total. The lowest BCUT2D eigenvalue weighted by Crippen LogP contribution is -2.31. The minimum Gasteiger partial charge on any atom is -0.396 e. The van der Waals surface area contributed by atoms with Crippen LogP contribution in [0.1, 0.15) is 36.0 Å². The third kappa shape index (κ3) is 3.82. The average molecular weight is 399 g/mol. The zero-order valence-electron chi connectivity index (χ0n) is 14.7. The largest absolute Gasteiger partial charge is 0.396 e. The smallest absolute Gasteiger partial charge is 0.238 e. The summed E-state index contributed by atoms with van der Waals surface area (Å²) < 4.78 is 68.9. The Morgan fingerprint density at radius 2 is 1.81 bits per heavy atom. The van der Waals surface area contributed by atoms with Gasteiger partial charge in [0.1, 0.15) is 5.82 Å². The molecule has 1 aliphatic carbocycles. The molecule has 0 heterocycles. The number of hydrogen-bond acceptors (Lipinski definition) is 3. The lowest BCUT2D eigenvalue weighted by atomic mass is 10.0. The van der Waals surface area contributed by atoms with E-state index in [2.05, 4.69) is 4.72 Å². The summed E-state index contributed by atoms with van der Waals surface area (Å²) in [5.41, 5.74) is 0.415. The topological polar surface area (TPSA) is 66.4 Å². The summed E-state index contributed by atoms with van der Waals surface area (Å²) in [6.45, 7) is 1.41. The molecule has 0 amide bonds. The van der Waals surface area contributed by atoms with E-state index in [9.17, 15) is 21.6 Å². The van der Waals surface area contributed by atoms with Gasteiger partial charge in [0.25, 0.3) is 0 Å². The maximum absolute atomic E-state index is 14.4. The van der Waals surface area contributed by atoms with Crippen LogP contribution in [0, 0.1) is 24.4 Å². The molecule has 0 saturated heterocycles. The van der Waals surface area contributed by atoms with Crippen LogP contribution in [-0.2, 0) is 16.4 Å². The van der Waals surface area contributed by atoms with Crippen molar-refractivity contribution in [3.8, 4) is 0 Å². The quantitative estimate of drug-likeness (QED) is 0.747. The molecule has 0 spiro atoms. The van der Waals surface area contributed by atoms with E-state index in [1.54, 1.807) is 13.0 Å². The molecule has 0 aromatic heterocycles. The van der Waals surface area contributed by atoms with Crippen molar-refractivity contribution in [1.82, 2.24) is 0 Å². The maximum atomic E-state index is 14.4. The zero-order valence-corrected chi connectivity index (χ0v) is 15.5. The van der Waals surface area contributed by atoms with Gasteiger partial charge in [-0.1, -0.05) is 12.1 Å². The van der Waals surface area contributed by atoms with Crippen LogP contribution in [0.4, 0.5) is 18.9 Å². The first-order chi connectivity index (χ1) is 12.7. The molecule has 8 heteroatoms. The number of hydrogen-bond donors (Lipinski definition) is 2. The Kier molecular flexibility index (Phi) is 5.22. The van der Waals surface area contributed by atoms with E-state index in [0.717, 1.165) is 12.1 Å². The van der Waals surface area contributed by atoms with Crippen LogP contribution in [-0.4, -0.2) is 24.9 Å². The molecular weight excluding hydrogens is 379 g/mol. The molecule has 1 fully saturated rings. The van der Waals surface area contributed by atoms with Gasteiger partial charge in [-0.2, -0.15) is 0 Å². The molecule has 2 N–H and O–H groups in total. The van der Waals surface area contributed by atoms with Crippen molar-refractivity contribution in [2.45, 2.75) is 37.4 Å². The number of sulfonamides is 1. The van der Waals surface area contributed by atoms with Gasteiger partial charge in [0.2, 0.25) is 10.0 Å². The van der Waals surface area contributed by atoms with Crippen LogP contribution in [0.5, 0.6) is 0 Å². The number of aliphatic hydroxyl groups is 1. The molecule has 0 radical (unpaired) electrons. The number of halogens is 3. The average Bonchev–Trinajstić information content (AvgIpc) is 3.38. The molecule has 0 bridgehead atoms. The normalized spacial score (nSPS) is 15.6. The van der Waals surface area contributed by atoms with Crippen molar-refractivity contribution in [3.63, 3.8) is 0 Å². The van der Waals surface area contributed by atoms with Gasteiger partial charge in [-0.3, -0.25) is 4.72 Å². The van der Waals surface area contributed by atoms with Crippen LogP contribution in [0.25, 0.3) is 0 Å². The van der Waals surface area contributed by atoms with Crippen molar-refractivity contribution in [1.29, 1.82) is 0 Å². The molecule has 27 heavy (non-hydrogen) atoms. The zero-order chi connectivity index (χ0) is 19.8. The van der Waals surface area contributed by atoms with Crippen LogP contribution in [0.2, 0.25) is 0 Å². The van der Waals surface area contributed by atoms with Crippen LogP contribution in [0.15, 0.2) is 30.3 Å². The molecule has 1 aliphatic rings. The van der Waals surface area contributed by atoms with Gasteiger partial charge < -0.3 is 5.11 Å². The molecule has 3 rings (SSSR count). The molecule has 0 atom stereocenters. The van der Waals surface area contributed by atoms with Crippen molar-refractivity contribution in [2.75, 3.05) is 11.3 Å². The Morgan fingerprint density at radius 3 is 2.41 bits per heavy atom. The van der Waals surface area contributed by atoms with E-state index in [-0.39, 0.29) is 36.3 Å². The van der Waals surface area contributed by atoms with Crippen LogP contribution < -0.4 is 4.72 Å². The molecule has 2 aromatic rings. The standard InChI is InChI=1S/C19H20F3NO3S/c1-12-2-3-13(16(21)10-12)11-14-17(5-4-15(20)18(14)22)23-27(25,26)19(6-7-19)8-9-24/h2-5,10,23-24H,6-9,11H2,1H3. The molecule has 0 unspecified atom stereocenters. The SMILES string of the molecule is Cc1ccc(Cc2c(NS(=O)(=O)C3(CCO)CC3)ccc(F)c2F)c(F)c1. The number of rotatable bonds is 7. The number of anilines is 1. The van der Waals surface area contributed by atoms with Crippen LogP contribution >= 0.6 is 0 Å². The van der Waals surface area contributed by atoms with E-state index >= 15 is 0 Å². The summed E-state index contributed by atoms with van der Waals surface area (Å²) in [7, 11) is -3.92. The Hall–Kier alpha value is -2.06. The van der Waals surface area contributed by atoms with E-state index in [1.165, 1.54) is 12.1 Å².